The van der Waals surface area contributed by atoms with E-state index in [0.29, 0.717) is 12.8 Å². The minimum absolute atomic E-state index is 0.183. The predicted molar refractivity (Wildman–Crippen MR) is 101 cm³/mol. The fourth-order valence-corrected chi connectivity index (χ4v) is 4.68. The van der Waals surface area contributed by atoms with Gasteiger partial charge < -0.3 is 5.32 Å². The number of hydrogen-bond donors (Lipinski definition) is 1. The van der Waals surface area contributed by atoms with Gasteiger partial charge in [-0.1, -0.05) is 15.9 Å². The summed E-state index contributed by atoms with van der Waals surface area (Å²) in [6, 6.07) is 9.17. The number of halogens is 3. The maximum atomic E-state index is 13.7. The Morgan fingerprint density at radius 2 is 1.70 bits per heavy atom. The van der Waals surface area contributed by atoms with Crippen molar-refractivity contribution in [2.24, 2.45) is 5.92 Å². The SMILES string of the molecule is O=C(Nc1cc(F)ccc1F)C1CCN(S(=O)(=O)c2ccc(Br)cc2)CC1. The zero-order valence-corrected chi connectivity index (χ0v) is 16.6. The molecule has 0 spiro atoms. The van der Waals surface area contributed by atoms with E-state index in [2.05, 4.69) is 21.2 Å². The van der Waals surface area contributed by atoms with Gasteiger partial charge in [-0.2, -0.15) is 4.31 Å². The van der Waals surface area contributed by atoms with Gasteiger partial charge in [-0.05, 0) is 49.2 Å². The summed E-state index contributed by atoms with van der Waals surface area (Å²) in [5.41, 5.74) is -0.218. The third kappa shape index (κ3) is 4.53. The number of benzene rings is 2. The van der Waals surface area contributed by atoms with Gasteiger partial charge in [-0.3, -0.25) is 4.79 Å². The maximum absolute atomic E-state index is 13.7. The number of nitrogens with zero attached hydrogens (tertiary/aromatic N) is 1. The molecule has 0 radical (unpaired) electrons. The monoisotopic (exact) mass is 458 g/mol. The van der Waals surface area contributed by atoms with Crippen LogP contribution >= 0.6 is 15.9 Å². The highest BCUT2D eigenvalue weighted by atomic mass is 79.9. The first-order valence-corrected chi connectivity index (χ1v) is 10.5. The molecule has 27 heavy (non-hydrogen) atoms. The highest BCUT2D eigenvalue weighted by Crippen LogP contribution is 2.26. The summed E-state index contributed by atoms with van der Waals surface area (Å²) in [5.74, 6) is -2.29. The van der Waals surface area contributed by atoms with E-state index in [1.807, 2.05) is 0 Å². The quantitative estimate of drug-likeness (QED) is 0.758. The van der Waals surface area contributed by atoms with Gasteiger partial charge in [0.1, 0.15) is 11.6 Å². The Morgan fingerprint density at radius 1 is 1.07 bits per heavy atom. The Morgan fingerprint density at radius 3 is 2.33 bits per heavy atom. The van der Waals surface area contributed by atoms with Gasteiger partial charge in [0.25, 0.3) is 0 Å². The lowest BCUT2D eigenvalue weighted by Crippen LogP contribution is -2.41. The van der Waals surface area contributed by atoms with Crippen molar-refractivity contribution in [1.82, 2.24) is 4.31 Å². The number of anilines is 1. The summed E-state index contributed by atoms with van der Waals surface area (Å²) in [5, 5.41) is 2.39. The minimum Gasteiger partial charge on any atom is -0.323 e. The molecule has 1 aliphatic rings. The van der Waals surface area contributed by atoms with Crippen molar-refractivity contribution in [1.29, 1.82) is 0 Å². The van der Waals surface area contributed by atoms with Crippen LogP contribution in [0.25, 0.3) is 0 Å². The zero-order valence-electron chi connectivity index (χ0n) is 14.2. The smallest absolute Gasteiger partial charge is 0.243 e. The Hall–Kier alpha value is -1.84. The first-order valence-electron chi connectivity index (χ1n) is 8.29. The summed E-state index contributed by atoms with van der Waals surface area (Å²) < 4.78 is 54.3. The molecule has 9 heteroatoms. The number of nitrogens with one attached hydrogen (secondary N) is 1. The van der Waals surface area contributed by atoms with E-state index in [4.69, 9.17) is 0 Å². The molecule has 144 valence electrons. The molecule has 0 aromatic heterocycles. The molecule has 0 unspecified atom stereocenters. The second kappa shape index (κ2) is 8.04. The van der Waals surface area contributed by atoms with Gasteiger partial charge in [-0.25, -0.2) is 17.2 Å². The summed E-state index contributed by atoms with van der Waals surface area (Å²) >= 11 is 3.27. The Labute approximate surface area is 164 Å². The van der Waals surface area contributed by atoms with Crippen LogP contribution in [-0.4, -0.2) is 31.7 Å². The molecule has 1 saturated heterocycles. The lowest BCUT2D eigenvalue weighted by molar-refractivity contribution is -0.120. The third-order valence-corrected chi connectivity index (χ3v) is 6.90. The van der Waals surface area contributed by atoms with Crippen LogP contribution in [0.15, 0.2) is 51.8 Å². The van der Waals surface area contributed by atoms with Crippen LogP contribution in [0, 0.1) is 17.6 Å². The Kier molecular flexibility index (Phi) is 5.92. The fraction of sp³-hybridized carbons (Fsp3) is 0.278. The molecule has 2 aromatic rings. The summed E-state index contributed by atoms with van der Waals surface area (Å²) in [6.07, 6.45) is 0.608. The largest absolute Gasteiger partial charge is 0.323 e. The topological polar surface area (TPSA) is 66.5 Å². The van der Waals surface area contributed by atoms with E-state index >= 15 is 0 Å². The first-order chi connectivity index (χ1) is 12.8. The van der Waals surface area contributed by atoms with Crippen molar-refractivity contribution in [3.63, 3.8) is 0 Å². The minimum atomic E-state index is -3.63. The van der Waals surface area contributed by atoms with Gasteiger partial charge in [0.2, 0.25) is 15.9 Å². The van der Waals surface area contributed by atoms with E-state index in [0.717, 1.165) is 22.7 Å². The zero-order chi connectivity index (χ0) is 19.6. The van der Waals surface area contributed by atoms with Crippen LogP contribution < -0.4 is 5.32 Å². The van der Waals surface area contributed by atoms with Crippen molar-refractivity contribution < 1.29 is 22.0 Å². The molecule has 2 aromatic carbocycles. The molecule has 5 nitrogen and oxygen atoms in total. The van der Waals surface area contributed by atoms with Gasteiger partial charge in [-0.15, -0.1) is 0 Å². The van der Waals surface area contributed by atoms with E-state index in [1.54, 1.807) is 12.1 Å². The molecule has 1 amide bonds. The van der Waals surface area contributed by atoms with Crippen LogP contribution in [0.4, 0.5) is 14.5 Å². The molecular weight excluding hydrogens is 442 g/mol. The Balaban J connectivity index is 1.63. The van der Waals surface area contributed by atoms with Crippen LogP contribution in [0.5, 0.6) is 0 Å². The molecule has 0 saturated carbocycles. The predicted octanol–water partition coefficient (Wildman–Crippen LogP) is 3.77. The fourth-order valence-electron chi connectivity index (χ4n) is 2.94. The summed E-state index contributed by atoms with van der Waals surface area (Å²) in [7, 11) is -3.63. The van der Waals surface area contributed by atoms with E-state index in [9.17, 15) is 22.0 Å². The highest BCUT2D eigenvalue weighted by molar-refractivity contribution is 9.10. The normalized spacial score (nSPS) is 16.3. The molecule has 3 rings (SSSR count). The average Bonchev–Trinajstić information content (AvgIpc) is 2.65. The van der Waals surface area contributed by atoms with Crippen molar-refractivity contribution in [3.05, 3.63) is 58.6 Å². The van der Waals surface area contributed by atoms with Crippen molar-refractivity contribution in [3.8, 4) is 0 Å². The van der Waals surface area contributed by atoms with Crippen LogP contribution in [0.3, 0.4) is 0 Å². The molecule has 1 N–H and O–H groups in total. The molecule has 0 bridgehead atoms. The molecule has 1 fully saturated rings. The second-order valence-corrected chi connectivity index (χ2v) is 9.10. The molecule has 0 atom stereocenters. The van der Waals surface area contributed by atoms with Crippen molar-refractivity contribution in [2.45, 2.75) is 17.7 Å². The van der Waals surface area contributed by atoms with Gasteiger partial charge in [0.05, 0.1) is 10.6 Å². The molecular formula is C18H17BrF2N2O3S. The highest BCUT2D eigenvalue weighted by Gasteiger charge is 2.32. The van der Waals surface area contributed by atoms with E-state index in [1.165, 1.54) is 16.4 Å². The standard InChI is InChI=1S/C18H17BrF2N2O3S/c19-13-1-4-15(5-2-13)27(25,26)23-9-7-12(8-10-23)18(24)22-17-11-14(20)3-6-16(17)21/h1-6,11-12H,7-10H2,(H,22,24). The summed E-state index contributed by atoms with van der Waals surface area (Å²) in [4.78, 5) is 12.5. The average molecular weight is 459 g/mol. The molecule has 1 heterocycles. The number of amides is 1. The number of sulfonamides is 1. The lowest BCUT2D eigenvalue weighted by atomic mass is 9.97. The number of piperidine rings is 1. The van der Waals surface area contributed by atoms with Crippen molar-refractivity contribution >= 4 is 37.5 Å². The van der Waals surface area contributed by atoms with Gasteiger partial charge in [0, 0.05) is 29.5 Å². The lowest BCUT2D eigenvalue weighted by Gasteiger charge is -2.30. The van der Waals surface area contributed by atoms with E-state index in [-0.39, 0.29) is 23.7 Å². The van der Waals surface area contributed by atoms with Crippen LogP contribution in [-0.2, 0) is 14.8 Å². The van der Waals surface area contributed by atoms with E-state index < -0.39 is 33.5 Å². The number of rotatable bonds is 4. The number of hydrogen-bond acceptors (Lipinski definition) is 3. The third-order valence-electron chi connectivity index (χ3n) is 4.46. The number of carbonyl (C=O) groups is 1. The van der Waals surface area contributed by atoms with Crippen LogP contribution in [0.1, 0.15) is 12.8 Å². The number of carbonyl (C=O) groups excluding carboxylic acids is 1. The maximum Gasteiger partial charge on any atom is 0.243 e. The van der Waals surface area contributed by atoms with Gasteiger partial charge in [0.15, 0.2) is 0 Å². The second-order valence-electron chi connectivity index (χ2n) is 6.25. The Bertz CT molecular complexity index is 944. The summed E-state index contributed by atoms with van der Waals surface area (Å²) in [6.45, 7) is 0.365. The molecule has 0 aliphatic carbocycles. The van der Waals surface area contributed by atoms with Crippen molar-refractivity contribution in [2.75, 3.05) is 18.4 Å². The first kappa shape index (κ1) is 19.9. The van der Waals surface area contributed by atoms with Gasteiger partial charge >= 0.3 is 0 Å². The van der Waals surface area contributed by atoms with Crippen LogP contribution in [0.2, 0.25) is 0 Å². The molecule has 1 aliphatic heterocycles.